The maximum atomic E-state index is 14.7. The number of benzene rings is 5. The van der Waals surface area contributed by atoms with Crippen molar-refractivity contribution >= 4 is 32.3 Å². The zero-order valence-electron chi connectivity index (χ0n) is 13.5. The molecule has 118 valence electrons. The van der Waals surface area contributed by atoms with Crippen molar-refractivity contribution in [3.8, 4) is 11.1 Å². The minimum Gasteiger partial charge on any atom is -0.206 e. The molecule has 0 heterocycles. The van der Waals surface area contributed by atoms with Gasteiger partial charge in [-0.05, 0) is 44.5 Å². The van der Waals surface area contributed by atoms with E-state index in [1.165, 1.54) is 11.5 Å². The van der Waals surface area contributed by atoms with Crippen LogP contribution in [-0.2, 0) is 0 Å². The molecule has 0 fully saturated rings. The zero-order valence-corrected chi connectivity index (χ0v) is 13.5. The van der Waals surface area contributed by atoms with Gasteiger partial charge < -0.3 is 0 Å². The molecule has 25 heavy (non-hydrogen) atoms. The van der Waals surface area contributed by atoms with Crippen molar-refractivity contribution in [3.05, 3.63) is 96.8 Å². The van der Waals surface area contributed by atoms with Gasteiger partial charge in [0.2, 0.25) is 0 Å². The molecule has 0 radical (unpaired) electrons. The van der Waals surface area contributed by atoms with E-state index in [0.29, 0.717) is 5.56 Å². The normalized spacial score (nSPS) is 11.4. The predicted molar refractivity (Wildman–Crippen MR) is 104 cm³/mol. The summed E-state index contributed by atoms with van der Waals surface area (Å²) in [5.74, 6) is -0.187. The molecule has 0 atom stereocenters. The Morgan fingerprint density at radius 3 is 2.00 bits per heavy atom. The second kappa shape index (κ2) is 5.42. The first-order chi connectivity index (χ1) is 12.3. The highest BCUT2D eigenvalue weighted by Crippen LogP contribution is 2.40. The van der Waals surface area contributed by atoms with Crippen LogP contribution in [0.2, 0.25) is 0 Å². The Morgan fingerprint density at radius 1 is 0.520 bits per heavy atom. The van der Waals surface area contributed by atoms with Gasteiger partial charge in [-0.3, -0.25) is 0 Å². The van der Waals surface area contributed by atoms with Gasteiger partial charge in [0.25, 0.3) is 0 Å². The van der Waals surface area contributed by atoms with Gasteiger partial charge in [0.05, 0.1) is 0 Å². The van der Waals surface area contributed by atoms with Gasteiger partial charge >= 0.3 is 0 Å². The lowest BCUT2D eigenvalue weighted by Crippen LogP contribution is -1.90. The Morgan fingerprint density at radius 2 is 1.16 bits per heavy atom. The fourth-order valence-electron chi connectivity index (χ4n) is 3.78. The van der Waals surface area contributed by atoms with E-state index < -0.39 is 0 Å². The first kappa shape index (κ1) is 14.2. The van der Waals surface area contributed by atoms with Crippen molar-refractivity contribution in [2.24, 2.45) is 0 Å². The number of rotatable bonds is 1. The summed E-state index contributed by atoms with van der Waals surface area (Å²) in [5.41, 5.74) is 1.63. The van der Waals surface area contributed by atoms with Gasteiger partial charge in [-0.1, -0.05) is 78.9 Å². The van der Waals surface area contributed by atoms with Crippen molar-refractivity contribution in [2.45, 2.75) is 0 Å². The van der Waals surface area contributed by atoms with Crippen molar-refractivity contribution in [1.82, 2.24) is 0 Å². The van der Waals surface area contributed by atoms with E-state index in [9.17, 15) is 4.39 Å². The van der Waals surface area contributed by atoms with Crippen LogP contribution in [0.15, 0.2) is 91.0 Å². The second-order valence-electron chi connectivity index (χ2n) is 6.34. The van der Waals surface area contributed by atoms with E-state index in [2.05, 4.69) is 42.5 Å². The Labute approximate surface area is 145 Å². The van der Waals surface area contributed by atoms with E-state index >= 15 is 0 Å². The van der Waals surface area contributed by atoms with Crippen LogP contribution in [0.5, 0.6) is 0 Å². The minimum absolute atomic E-state index is 0.187. The predicted octanol–water partition coefficient (Wildman–Crippen LogP) is 6.95. The summed E-state index contributed by atoms with van der Waals surface area (Å²) < 4.78 is 14.7. The monoisotopic (exact) mass is 322 g/mol. The zero-order chi connectivity index (χ0) is 16.8. The number of hydrogen-bond acceptors (Lipinski definition) is 0. The molecule has 0 unspecified atom stereocenters. The SMILES string of the molecule is Fc1ccccc1-c1c2ccccc2cc2ccc3ccccc3c12. The van der Waals surface area contributed by atoms with Crippen LogP contribution in [0, 0.1) is 5.82 Å². The lowest BCUT2D eigenvalue weighted by molar-refractivity contribution is 0.631. The van der Waals surface area contributed by atoms with E-state index in [0.717, 1.165) is 32.5 Å². The maximum absolute atomic E-state index is 14.7. The largest absolute Gasteiger partial charge is 0.206 e. The lowest BCUT2D eigenvalue weighted by atomic mass is 9.89. The molecule has 0 saturated heterocycles. The number of fused-ring (bicyclic) bond motifs is 4. The van der Waals surface area contributed by atoms with Crippen LogP contribution in [-0.4, -0.2) is 0 Å². The molecule has 0 aromatic heterocycles. The molecule has 0 amide bonds. The molecule has 0 nitrogen and oxygen atoms in total. The summed E-state index contributed by atoms with van der Waals surface area (Å²) in [5, 5.41) is 6.78. The molecule has 0 aliphatic rings. The average Bonchev–Trinajstić information content (AvgIpc) is 2.67. The van der Waals surface area contributed by atoms with Crippen molar-refractivity contribution in [1.29, 1.82) is 0 Å². The van der Waals surface area contributed by atoms with E-state index in [1.54, 1.807) is 6.07 Å². The van der Waals surface area contributed by atoms with Gasteiger partial charge in [0.1, 0.15) is 5.82 Å². The third-order valence-electron chi connectivity index (χ3n) is 4.90. The molecular weight excluding hydrogens is 307 g/mol. The van der Waals surface area contributed by atoms with Crippen molar-refractivity contribution in [3.63, 3.8) is 0 Å². The highest BCUT2D eigenvalue weighted by molar-refractivity contribution is 6.21. The fourth-order valence-corrected chi connectivity index (χ4v) is 3.78. The molecule has 0 spiro atoms. The highest BCUT2D eigenvalue weighted by atomic mass is 19.1. The molecular formula is C24H15F. The smallest absolute Gasteiger partial charge is 0.131 e. The van der Waals surface area contributed by atoms with Crippen molar-refractivity contribution in [2.75, 3.05) is 0 Å². The van der Waals surface area contributed by atoms with Crippen LogP contribution >= 0.6 is 0 Å². The number of hydrogen-bond donors (Lipinski definition) is 0. The molecule has 0 N–H and O–H groups in total. The van der Waals surface area contributed by atoms with Gasteiger partial charge in [-0.15, -0.1) is 0 Å². The van der Waals surface area contributed by atoms with Gasteiger partial charge in [-0.25, -0.2) is 4.39 Å². The van der Waals surface area contributed by atoms with Gasteiger partial charge in [0, 0.05) is 11.1 Å². The summed E-state index contributed by atoms with van der Waals surface area (Å²) >= 11 is 0. The number of halogens is 1. The maximum Gasteiger partial charge on any atom is 0.131 e. The summed E-state index contributed by atoms with van der Waals surface area (Å²) in [6.07, 6.45) is 0. The molecule has 0 saturated carbocycles. The summed E-state index contributed by atoms with van der Waals surface area (Å²) in [4.78, 5) is 0. The summed E-state index contributed by atoms with van der Waals surface area (Å²) in [7, 11) is 0. The highest BCUT2D eigenvalue weighted by Gasteiger charge is 2.15. The molecule has 1 heteroatoms. The molecule has 0 bridgehead atoms. The molecule has 0 aliphatic heterocycles. The van der Waals surface area contributed by atoms with Gasteiger partial charge in [0.15, 0.2) is 0 Å². The van der Waals surface area contributed by atoms with E-state index in [1.807, 2.05) is 36.4 Å². The fraction of sp³-hybridized carbons (Fsp3) is 0. The van der Waals surface area contributed by atoms with Crippen LogP contribution < -0.4 is 0 Å². The first-order valence-corrected chi connectivity index (χ1v) is 8.41. The van der Waals surface area contributed by atoms with Crippen LogP contribution in [0.3, 0.4) is 0 Å². The van der Waals surface area contributed by atoms with E-state index in [-0.39, 0.29) is 5.82 Å². The first-order valence-electron chi connectivity index (χ1n) is 8.41. The van der Waals surface area contributed by atoms with Gasteiger partial charge in [-0.2, -0.15) is 0 Å². The summed E-state index contributed by atoms with van der Waals surface area (Å²) in [6, 6.07) is 30.0. The topological polar surface area (TPSA) is 0 Å². The van der Waals surface area contributed by atoms with Crippen molar-refractivity contribution < 1.29 is 4.39 Å². The van der Waals surface area contributed by atoms with Crippen LogP contribution in [0.4, 0.5) is 4.39 Å². The lowest BCUT2D eigenvalue weighted by Gasteiger charge is -2.15. The van der Waals surface area contributed by atoms with E-state index in [4.69, 9.17) is 0 Å². The Kier molecular flexibility index (Phi) is 3.07. The molecule has 5 aromatic rings. The Balaban J connectivity index is 2.11. The standard InChI is InChI=1S/C24H15F/c25-22-12-6-5-11-21(22)24-20-10-4-2-8-17(20)15-18-14-13-16-7-1-3-9-19(16)23(18)24/h1-15H. The summed E-state index contributed by atoms with van der Waals surface area (Å²) in [6.45, 7) is 0. The quantitative estimate of drug-likeness (QED) is 0.231. The third kappa shape index (κ3) is 2.13. The second-order valence-corrected chi connectivity index (χ2v) is 6.34. The van der Waals surface area contributed by atoms with Crippen LogP contribution in [0.25, 0.3) is 43.4 Å². The average molecular weight is 322 g/mol. The Hall–Kier alpha value is -3.19. The van der Waals surface area contributed by atoms with Crippen LogP contribution in [0.1, 0.15) is 0 Å². The minimum atomic E-state index is -0.187. The molecule has 5 aromatic carbocycles. The molecule has 0 aliphatic carbocycles. The Bertz CT molecular complexity index is 1250. The third-order valence-corrected chi connectivity index (χ3v) is 4.90. The molecule has 5 rings (SSSR count).